The van der Waals surface area contributed by atoms with Crippen LogP contribution in [0, 0.1) is 6.92 Å². The number of aryl methyl sites for hydroxylation is 2. The Morgan fingerprint density at radius 1 is 1.21 bits per heavy atom. The lowest BCUT2D eigenvalue weighted by molar-refractivity contribution is -0.133. The van der Waals surface area contributed by atoms with Gasteiger partial charge in [0.05, 0.1) is 12.1 Å². The van der Waals surface area contributed by atoms with Gasteiger partial charge in [-0.2, -0.15) is 0 Å². The number of Topliss-reactive ketones (excluding diaryl/α,β-unsaturated/α-hetero) is 1. The summed E-state index contributed by atoms with van der Waals surface area (Å²) in [5.74, 6) is -0.923. The number of halogens is 1. The minimum absolute atomic E-state index is 0.269. The maximum absolute atomic E-state index is 12.6. The zero-order chi connectivity index (χ0) is 17.5. The van der Waals surface area contributed by atoms with Crippen LogP contribution < -0.4 is 5.32 Å². The molecule has 3 rings (SSSR count). The van der Waals surface area contributed by atoms with Crippen LogP contribution in [0.2, 0.25) is 5.02 Å². The van der Waals surface area contributed by atoms with Gasteiger partial charge in [-0.15, -0.1) is 0 Å². The normalized spacial score (nSPS) is 19.1. The molecular weight excluding hydrogens is 326 g/mol. The van der Waals surface area contributed by atoms with Gasteiger partial charge >= 0.3 is 0 Å². The minimum atomic E-state index is -1.95. The highest BCUT2D eigenvalue weighted by atomic mass is 35.5. The van der Waals surface area contributed by atoms with E-state index in [2.05, 4.69) is 5.32 Å². The van der Waals surface area contributed by atoms with Gasteiger partial charge in [-0.3, -0.25) is 9.59 Å². The zero-order valence-electron chi connectivity index (χ0n) is 13.5. The van der Waals surface area contributed by atoms with Crippen molar-refractivity contribution in [3.63, 3.8) is 0 Å². The second-order valence-electron chi connectivity index (χ2n) is 6.08. The van der Waals surface area contributed by atoms with Crippen LogP contribution in [0.4, 0.5) is 5.69 Å². The van der Waals surface area contributed by atoms with Gasteiger partial charge in [-0.1, -0.05) is 48.9 Å². The molecule has 0 unspecified atom stereocenters. The third kappa shape index (κ3) is 2.62. The van der Waals surface area contributed by atoms with Crippen molar-refractivity contribution in [2.75, 3.05) is 5.32 Å². The summed E-state index contributed by atoms with van der Waals surface area (Å²) >= 11 is 6.20. The van der Waals surface area contributed by atoms with E-state index in [9.17, 15) is 14.7 Å². The standard InChI is InChI=1S/C19H18ClNO3/c1-3-12-5-7-13(8-6-12)15(22)10-19(24)16-14(20)9-4-11(2)17(16)21-18(19)23/h4-9,24H,3,10H2,1-2H3,(H,21,23)/t19-/m0/s1. The van der Waals surface area contributed by atoms with E-state index in [1.165, 1.54) is 0 Å². The minimum Gasteiger partial charge on any atom is -0.375 e. The van der Waals surface area contributed by atoms with E-state index in [-0.39, 0.29) is 22.8 Å². The van der Waals surface area contributed by atoms with E-state index < -0.39 is 11.5 Å². The second-order valence-corrected chi connectivity index (χ2v) is 6.49. The highest BCUT2D eigenvalue weighted by Gasteiger charge is 2.48. The lowest BCUT2D eigenvalue weighted by Crippen LogP contribution is -2.36. The van der Waals surface area contributed by atoms with Crippen LogP contribution in [-0.4, -0.2) is 16.8 Å². The predicted molar refractivity (Wildman–Crippen MR) is 93.5 cm³/mol. The van der Waals surface area contributed by atoms with Gasteiger partial charge in [0.25, 0.3) is 5.91 Å². The van der Waals surface area contributed by atoms with Crippen molar-refractivity contribution >= 4 is 29.0 Å². The summed E-state index contributed by atoms with van der Waals surface area (Å²) in [6, 6.07) is 10.6. The Labute approximate surface area is 145 Å². The third-order valence-electron chi connectivity index (χ3n) is 4.49. The van der Waals surface area contributed by atoms with Crippen molar-refractivity contribution in [3.8, 4) is 0 Å². The molecule has 2 N–H and O–H groups in total. The molecule has 0 saturated heterocycles. The number of carbonyl (C=O) groups excluding carboxylic acids is 2. The number of anilines is 1. The monoisotopic (exact) mass is 343 g/mol. The topological polar surface area (TPSA) is 66.4 Å². The van der Waals surface area contributed by atoms with Crippen molar-refractivity contribution in [2.45, 2.75) is 32.3 Å². The van der Waals surface area contributed by atoms with E-state index in [4.69, 9.17) is 11.6 Å². The quantitative estimate of drug-likeness (QED) is 0.833. The average Bonchev–Trinajstić information content (AvgIpc) is 2.83. The SMILES string of the molecule is CCc1ccc(C(=O)C[C@@]2(O)C(=O)Nc3c(C)ccc(Cl)c32)cc1. The summed E-state index contributed by atoms with van der Waals surface area (Å²) in [5, 5.41) is 13.8. The van der Waals surface area contributed by atoms with Crippen LogP contribution in [0.1, 0.15) is 40.4 Å². The Kier molecular flexibility index (Phi) is 4.20. The third-order valence-corrected chi connectivity index (χ3v) is 4.81. The molecule has 0 spiro atoms. The molecule has 1 atom stereocenters. The molecule has 0 aromatic heterocycles. The fraction of sp³-hybridized carbons (Fsp3) is 0.263. The Balaban J connectivity index is 1.96. The Morgan fingerprint density at radius 2 is 1.88 bits per heavy atom. The molecule has 0 bridgehead atoms. The molecule has 1 heterocycles. The molecule has 1 aliphatic rings. The Morgan fingerprint density at radius 3 is 2.50 bits per heavy atom. The summed E-state index contributed by atoms with van der Waals surface area (Å²) in [7, 11) is 0. The van der Waals surface area contributed by atoms with Crippen molar-refractivity contribution in [3.05, 3.63) is 63.7 Å². The molecule has 1 aliphatic heterocycles. The van der Waals surface area contributed by atoms with Gasteiger partial charge in [-0.05, 0) is 30.5 Å². The van der Waals surface area contributed by atoms with E-state index in [1.807, 2.05) is 26.0 Å². The lowest BCUT2D eigenvalue weighted by Gasteiger charge is -2.21. The number of fused-ring (bicyclic) bond motifs is 1. The summed E-state index contributed by atoms with van der Waals surface area (Å²) in [6.07, 6.45) is 0.531. The maximum atomic E-state index is 12.6. The largest absolute Gasteiger partial charge is 0.375 e. The van der Waals surface area contributed by atoms with Gasteiger partial charge in [0.15, 0.2) is 11.4 Å². The summed E-state index contributed by atoms with van der Waals surface area (Å²) in [4.78, 5) is 24.9. The van der Waals surface area contributed by atoms with Gasteiger partial charge < -0.3 is 10.4 Å². The van der Waals surface area contributed by atoms with Gasteiger partial charge in [0.2, 0.25) is 0 Å². The first-order chi connectivity index (χ1) is 11.4. The van der Waals surface area contributed by atoms with E-state index in [0.717, 1.165) is 17.5 Å². The molecule has 0 aliphatic carbocycles. The van der Waals surface area contributed by atoms with Gasteiger partial charge in [0.1, 0.15) is 0 Å². The first-order valence-electron chi connectivity index (χ1n) is 7.82. The Bertz CT molecular complexity index is 829. The number of benzene rings is 2. The molecule has 2 aromatic rings. The van der Waals surface area contributed by atoms with E-state index in [1.54, 1.807) is 24.3 Å². The number of hydrogen-bond donors (Lipinski definition) is 2. The highest BCUT2D eigenvalue weighted by Crippen LogP contribution is 2.44. The molecule has 2 aromatic carbocycles. The number of ketones is 1. The number of nitrogens with one attached hydrogen (secondary N) is 1. The molecule has 4 nitrogen and oxygen atoms in total. The first kappa shape index (κ1) is 16.7. The van der Waals surface area contributed by atoms with Crippen molar-refractivity contribution in [1.29, 1.82) is 0 Å². The van der Waals surface area contributed by atoms with Crippen LogP contribution >= 0.6 is 11.6 Å². The molecule has 124 valence electrons. The van der Waals surface area contributed by atoms with Crippen molar-refractivity contribution in [1.82, 2.24) is 0 Å². The van der Waals surface area contributed by atoms with Crippen LogP contribution in [0.3, 0.4) is 0 Å². The zero-order valence-corrected chi connectivity index (χ0v) is 14.3. The van der Waals surface area contributed by atoms with E-state index >= 15 is 0 Å². The van der Waals surface area contributed by atoms with Gasteiger partial charge in [-0.25, -0.2) is 0 Å². The van der Waals surface area contributed by atoms with E-state index in [0.29, 0.717) is 11.3 Å². The van der Waals surface area contributed by atoms with Crippen LogP contribution in [0.15, 0.2) is 36.4 Å². The fourth-order valence-corrected chi connectivity index (χ4v) is 3.32. The summed E-state index contributed by atoms with van der Waals surface area (Å²) < 4.78 is 0. The molecule has 5 heteroatoms. The number of amides is 1. The Hall–Kier alpha value is -2.17. The van der Waals surface area contributed by atoms with Crippen LogP contribution in [0.5, 0.6) is 0 Å². The first-order valence-corrected chi connectivity index (χ1v) is 8.20. The smallest absolute Gasteiger partial charge is 0.261 e. The summed E-state index contributed by atoms with van der Waals surface area (Å²) in [6.45, 7) is 3.84. The molecule has 0 radical (unpaired) electrons. The number of hydrogen-bond acceptors (Lipinski definition) is 3. The number of carbonyl (C=O) groups is 2. The number of aliphatic hydroxyl groups is 1. The molecule has 1 amide bonds. The van der Waals surface area contributed by atoms with Crippen molar-refractivity contribution in [2.24, 2.45) is 0 Å². The van der Waals surface area contributed by atoms with Crippen LogP contribution in [-0.2, 0) is 16.8 Å². The molecule has 24 heavy (non-hydrogen) atoms. The summed E-state index contributed by atoms with van der Waals surface area (Å²) in [5.41, 5.74) is 1.20. The fourth-order valence-electron chi connectivity index (χ4n) is 3.01. The second kappa shape index (κ2) is 6.04. The average molecular weight is 344 g/mol. The molecule has 0 fully saturated rings. The van der Waals surface area contributed by atoms with Gasteiger partial charge in [0, 0.05) is 16.1 Å². The van der Waals surface area contributed by atoms with Crippen molar-refractivity contribution < 1.29 is 14.7 Å². The highest BCUT2D eigenvalue weighted by molar-refractivity contribution is 6.33. The number of rotatable bonds is 4. The molecular formula is C19H18ClNO3. The molecule has 0 saturated carbocycles. The van der Waals surface area contributed by atoms with Crippen LogP contribution in [0.25, 0.3) is 0 Å². The lowest BCUT2D eigenvalue weighted by atomic mass is 9.87. The maximum Gasteiger partial charge on any atom is 0.261 e. The predicted octanol–water partition coefficient (Wildman–Crippen LogP) is 3.62.